The number of nitrogens with one attached hydrogen (secondary N) is 2. The zero-order valence-electron chi connectivity index (χ0n) is 12.2. The first-order valence-corrected chi connectivity index (χ1v) is 7.15. The van der Waals surface area contributed by atoms with Crippen LogP contribution in [0.1, 0.15) is 18.6 Å². The van der Waals surface area contributed by atoms with Gasteiger partial charge in [-0.05, 0) is 25.0 Å². The van der Waals surface area contributed by atoms with Gasteiger partial charge in [0.15, 0.2) is 5.96 Å². The van der Waals surface area contributed by atoms with Crippen LogP contribution >= 0.6 is 24.0 Å². The topological polar surface area (TPSA) is 58.8 Å². The second-order valence-electron chi connectivity index (χ2n) is 4.75. The van der Waals surface area contributed by atoms with Crippen molar-refractivity contribution in [2.75, 3.05) is 26.2 Å². The van der Waals surface area contributed by atoms with Crippen LogP contribution in [0.15, 0.2) is 40.5 Å². The van der Waals surface area contributed by atoms with E-state index >= 15 is 0 Å². The van der Waals surface area contributed by atoms with Gasteiger partial charge in [0.25, 0.3) is 0 Å². The van der Waals surface area contributed by atoms with Gasteiger partial charge in [0.1, 0.15) is 5.76 Å². The minimum absolute atomic E-state index is 0. The average Bonchev–Trinajstić information content (AvgIpc) is 3.14. The molecule has 0 saturated carbocycles. The molecule has 2 rings (SSSR count). The summed E-state index contributed by atoms with van der Waals surface area (Å²) in [7, 11) is 0. The van der Waals surface area contributed by atoms with Gasteiger partial charge >= 0.3 is 0 Å². The second-order valence-corrected chi connectivity index (χ2v) is 4.75. The summed E-state index contributed by atoms with van der Waals surface area (Å²) in [5.74, 6) is 1.77. The zero-order chi connectivity index (χ0) is 14.0. The maximum atomic E-state index is 5.57. The number of rotatable bonds is 7. The Morgan fingerprint density at radius 2 is 2.38 bits per heavy atom. The molecule has 0 bridgehead atoms. The van der Waals surface area contributed by atoms with Gasteiger partial charge in [-0.25, -0.2) is 0 Å². The number of guanidine groups is 1. The maximum Gasteiger partial charge on any atom is 0.191 e. The van der Waals surface area contributed by atoms with Crippen LogP contribution in [0.25, 0.3) is 0 Å². The molecule has 1 aromatic rings. The van der Waals surface area contributed by atoms with Crippen LogP contribution in [0.5, 0.6) is 0 Å². The summed E-state index contributed by atoms with van der Waals surface area (Å²) in [6, 6.07) is 3.87. The number of ether oxygens (including phenoxy) is 1. The van der Waals surface area contributed by atoms with Gasteiger partial charge in [0.05, 0.1) is 18.9 Å². The lowest BCUT2D eigenvalue weighted by Gasteiger charge is -2.12. The molecule has 21 heavy (non-hydrogen) atoms. The Bertz CT molecular complexity index is 415. The molecule has 1 unspecified atom stereocenters. The molecule has 0 aliphatic carbocycles. The second kappa shape index (κ2) is 10.7. The first-order valence-electron chi connectivity index (χ1n) is 7.15. The van der Waals surface area contributed by atoms with Crippen molar-refractivity contribution >= 4 is 29.9 Å². The third kappa shape index (κ3) is 6.99. The van der Waals surface area contributed by atoms with Crippen molar-refractivity contribution in [1.29, 1.82) is 0 Å². The van der Waals surface area contributed by atoms with E-state index in [1.807, 2.05) is 18.2 Å². The molecule has 0 spiro atoms. The molecule has 1 saturated heterocycles. The highest BCUT2D eigenvalue weighted by atomic mass is 127. The predicted molar refractivity (Wildman–Crippen MR) is 95.3 cm³/mol. The van der Waals surface area contributed by atoms with E-state index in [0.717, 1.165) is 44.1 Å². The van der Waals surface area contributed by atoms with E-state index in [-0.39, 0.29) is 30.1 Å². The van der Waals surface area contributed by atoms with Crippen LogP contribution in [0, 0.1) is 0 Å². The minimum Gasteiger partial charge on any atom is -0.469 e. The maximum absolute atomic E-state index is 5.57. The number of nitrogens with zero attached hydrogens (tertiary/aromatic N) is 1. The monoisotopic (exact) mass is 405 g/mol. The fourth-order valence-electron chi connectivity index (χ4n) is 2.08. The molecular weight excluding hydrogens is 381 g/mol. The van der Waals surface area contributed by atoms with Crippen LogP contribution in [0.4, 0.5) is 0 Å². The Labute approximate surface area is 143 Å². The van der Waals surface area contributed by atoms with Crippen molar-refractivity contribution in [1.82, 2.24) is 10.6 Å². The van der Waals surface area contributed by atoms with Crippen LogP contribution in [-0.4, -0.2) is 38.3 Å². The van der Waals surface area contributed by atoms with Gasteiger partial charge in [0.2, 0.25) is 0 Å². The Balaban J connectivity index is 0.00000220. The normalized spacial score (nSPS) is 18.1. The zero-order valence-corrected chi connectivity index (χ0v) is 14.5. The van der Waals surface area contributed by atoms with Gasteiger partial charge in [0, 0.05) is 26.1 Å². The molecule has 1 aliphatic rings. The van der Waals surface area contributed by atoms with Gasteiger partial charge in [-0.3, -0.25) is 4.99 Å². The van der Waals surface area contributed by atoms with E-state index in [4.69, 9.17) is 9.15 Å². The fourth-order valence-corrected chi connectivity index (χ4v) is 2.08. The highest BCUT2D eigenvalue weighted by Crippen LogP contribution is 2.11. The molecule has 1 aliphatic heterocycles. The largest absolute Gasteiger partial charge is 0.469 e. The van der Waals surface area contributed by atoms with E-state index in [9.17, 15) is 0 Å². The Morgan fingerprint density at radius 1 is 1.48 bits per heavy atom. The minimum atomic E-state index is 0. The summed E-state index contributed by atoms with van der Waals surface area (Å²) < 4.78 is 10.9. The van der Waals surface area contributed by atoms with Gasteiger partial charge in [-0.15, -0.1) is 30.6 Å². The number of aliphatic imine (C=N–C) groups is 1. The van der Waals surface area contributed by atoms with Crippen molar-refractivity contribution in [2.45, 2.75) is 25.4 Å². The van der Waals surface area contributed by atoms with Crippen molar-refractivity contribution in [3.05, 3.63) is 36.8 Å². The van der Waals surface area contributed by atoms with E-state index in [1.54, 1.807) is 6.26 Å². The lowest BCUT2D eigenvalue weighted by Crippen LogP contribution is -2.39. The molecule has 2 N–H and O–H groups in total. The van der Waals surface area contributed by atoms with E-state index in [1.165, 1.54) is 0 Å². The smallest absolute Gasteiger partial charge is 0.191 e. The Morgan fingerprint density at radius 3 is 3.05 bits per heavy atom. The molecular formula is C15H24IN3O2. The van der Waals surface area contributed by atoms with Crippen molar-refractivity contribution < 1.29 is 9.15 Å². The standard InChI is InChI=1S/C15H23N3O2.HI/c1-2-8-16-15(18-12-14-6-4-11-20-14)17-9-7-13-5-3-10-19-13;/h2-3,5,10,14H,1,4,6-9,11-12H2,(H2,16,17,18);1H. The Hall–Kier alpha value is -1.02. The highest BCUT2D eigenvalue weighted by Gasteiger charge is 2.14. The Kier molecular flexibility index (Phi) is 9.16. The molecule has 0 amide bonds. The summed E-state index contributed by atoms with van der Waals surface area (Å²) in [5, 5.41) is 6.50. The van der Waals surface area contributed by atoms with Crippen LogP contribution < -0.4 is 10.6 Å². The summed E-state index contributed by atoms with van der Waals surface area (Å²) in [5.41, 5.74) is 0. The summed E-state index contributed by atoms with van der Waals surface area (Å²) in [6.07, 6.45) is 6.85. The molecule has 1 atom stereocenters. The van der Waals surface area contributed by atoms with Crippen molar-refractivity contribution in [3.63, 3.8) is 0 Å². The molecule has 118 valence electrons. The fraction of sp³-hybridized carbons (Fsp3) is 0.533. The predicted octanol–water partition coefficient (Wildman–Crippen LogP) is 2.34. The average molecular weight is 405 g/mol. The van der Waals surface area contributed by atoms with Gasteiger partial charge in [-0.1, -0.05) is 6.08 Å². The number of furan rings is 1. The molecule has 1 aromatic heterocycles. The lowest BCUT2D eigenvalue weighted by molar-refractivity contribution is 0.117. The third-order valence-electron chi connectivity index (χ3n) is 3.13. The third-order valence-corrected chi connectivity index (χ3v) is 3.13. The number of hydrogen-bond donors (Lipinski definition) is 2. The van der Waals surface area contributed by atoms with Crippen LogP contribution in [0.2, 0.25) is 0 Å². The summed E-state index contributed by atoms with van der Waals surface area (Å²) >= 11 is 0. The van der Waals surface area contributed by atoms with Crippen LogP contribution in [-0.2, 0) is 11.2 Å². The quantitative estimate of drug-likeness (QED) is 0.317. The lowest BCUT2D eigenvalue weighted by atomic mass is 10.2. The van der Waals surface area contributed by atoms with E-state index in [2.05, 4.69) is 22.2 Å². The highest BCUT2D eigenvalue weighted by molar-refractivity contribution is 14.0. The molecule has 0 radical (unpaired) electrons. The van der Waals surface area contributed by atoms with E-state index in [0.29, 0.717) is 13.1 Å². The summed E-state index contributed by atoms with van der Waals surface area (Å²) in [6.45, 7) is 6.74. The van der Waals surface area contributed by atoms with Gasteiger partial charge < -0.3 is 19.8 Å². The molecule has 6 heteroatoms. The first kappa shape index (κ1) is 18.0. The first-order chi connectivity index (χ1) is 9.88. The van der Waals surface area contributed by atoms with Gasteiger partial charge in [-0.2, -0.15) is 0 Å². The number of hydrogen-bond acceptors (Lipinski definition) is 3. The summed E-state index contributed by atoms with van der Waals surface area (Å²) in [4.78, 5) is 4.55. The molecule has 1 fully saturated rings. The molecule has 0 aromatic carbocycles. The molecule has 5 nitrogen and oxygen atoms in total. The van der Waals surface area contributed by atoms with E-state index < -0.39 is 0 Å². The van der Waals surface area contributed by atoms with Crippen molar-refractivity contribution in [3.8, 4) is 0 Å². The molecule has 2 heterocycles. The van der Waals surface area contributed by atoms with Crippen molar-refractivity contribution in [2.24, 2.45) is 4.99 Å². The number of halogens is 1. The SMILES string of the molecule is C=CCNC(=NCC1CCCO1)NCCc1ccco1.I. The van der Waals surface area contributed by atoms with Crippen LogP contribution in [0.3, 0.4) is 0 Å².